The number of allylic oxidation sites excluding steroid dienone is 5. The van der Waals surface area contributed by atoms with Crippen LogP contribution in [-0.2, 0) is 0 Å². The minimum Gasteiger partial charge on any atom is -0.192 e. The van der Waals surface area contributed by atoms with Crippen molar-refractivity contribution < 1.29 is 22.0 Å². The number of nitrogens with zero attached hydrogens (tertiary/aromatic N) is 1. The van der Waals surface area contributed by atoms with Gasteiger partial charge in [0.15, 0.2) is 0 Å². The zero-order valence-corrected chi connectivity index (χ0v) is 12.3. The predicted molar refractivity (Wildman–Crippen MR) is 75.3 cm³/mol. The van der Waals surface area contributed by atoms with Gasteiger partial charge < -0.3 is 0 Å². The number of halogens is 6. The van der Waals surface area contributed by atoms with Crippen LogP contribution in [-0.4, -0.2) is 6.18 Å². The van der Waals surface area contributed by atoms with E-state index in [9.17, 15) is 22.0 Å². The maximum absolute atomic E-state index is 12.8. The van der Waals surface area contributed by atoms with Crippen LogP contribution in [0, 0.1) is 11.3 Å². The Morgan fingerprint density at radius 1 is 1.00 bits per heavy atom. The highest BCUT2D eigenvalue weighted by molar-refractivity contribution is 14.1. The Hall–Kier alpha value is -1.69. The van der Waals surface area contributed by atoms with Gasteiger partial charge in [-0.1, -0.05) is 30.3 Å². The van der Waals surface area contributed by atoms with E-state index >= 15 is 0 Å². The SMILES string of the molecule is N#C/C(=C1/C(=C(F)F)/C1=C(/I)C(F)(F)F)c1ccccc1. The number of nitriles is 1. The molecule has 1 saturated carbocycles. The molecule has 0 saturated heterocycles. The third-order valence-corrected chi connectivity index (χ3v) is 3.92. The Morgan fingerprint density at radius 3 is 2.00 bits per heavy atom. The summed E-state index contributed by atoms with van der Waals surface area (Å²) < 4.78 is 62.5. The lowest BCUT2D eigenvalue weighted by molar-refractivity contribution is -0.0819. The average Bonchev–Trinajstić information content (AvgIpc) is 3.14. The highest BCUT2D eigenvalue weighted by Gasteiger charge is 2.47. The van der Waals surface area contributed by atoms with E-state index in [4.69, 9.17) is 5.26 Å². The Labute approximate surface area is 130 Å². The molecule has 0 aromatic heterocycles. The van der Waals surface area contributed by atoms with Gasteiger partial charge in [-0.3, -0.25) is 0 Å². The first kappa shape index (κ1) is 15.7. The summed E-state index contributed by atoms with van der Waals surface area (Å²) >= 11 is 0.977. The van der Waals surface area contributed by atoms with E-state index < -0.39 is 27.0 Å². The molecule has 0 spiro atoms. The lowest BCUT2D eigenvalue weighted by Gasteiger charge is -2.02. The van der Waals surface area contributed by atoms with Gasteiger partial charge in [-0.05, 0) is 28.2 Å². The number of alkyl halides is 3. The molecular formula is C14H5F5IN. The van der Waals surface area contributed by atoms with Crippen LogP contribution in [0.5, 0.6) is 0 Å². The van der Waals surface area contributed by atoms with Crippen molar-refractivity contribution in [2.75, 3.05) is 0 Å². The minimum absolute atomic E-state index is 0.188. The van der Waals surface area contributed by atoms with Crippen LogP contribution in [0.1, 0.15) is 5.56 Å². The van der Waals surface area contributed by atoms with Crippen LogP contribution in [0.3, 0.4) is 0 Å². The van der Waals surface area contributed by atoms with Gasteiger partial charge in [-0.2, -0.15) is 27.2 Å². The highest BCUT2D eigenvalue weighted by Crippen LogP contribution is 2.56. The van der Waals surface area contributed by atoms with E-state index in [1.54, 1.807) is 24.3 Å². The van der Waals surface area contributed by atoms with E-state index in [1.807, 2.05) is 0 Å². The third kappa shape index (κ3) is 3.00. The molecule has 0 amide bonds. The standard InChI is InChI=1S/C14H5F5IN/c15-13(16)11-9(10(11)12(20)14(17,18)19)8(6-21)7-4-2-1-3-5-7/h1-5H/b9-8-,12-10+. The van der Waals surface area contributed by atoms with Crippen LogP contribution >= 0.6 is 22.6 Å². The normalized spacial score (nSPS) is 19.0. The predicted octanol–water partition coefficient (Wildman–Crippen LogP) is 5.38. The van der Waals surface area contributed by atoms with Crippen molar-refractivity contribution in [2.45, 2.75) is 6.18 Å². The lowest BCUT2D eigenvalue weighted by Crippen LogP contribution is -2.06. The molecule has 1 nitrogen and oxygen atoms in total. The van der Waals surface area contributed by atoms with Gasteiger partial charge in [0.05, 0.1) is 11.1 Å². The number of hydrogen-bond donors (Lipinski definition) is 0. The molecule has 0 bridgehead atoms. The van der Waals surface area contributed by atoms with Crippen LogP contribution in [0.25, 0.3) is 5.57 Å². The first-order valence-corrected chi connectivity index (χ1v) is 6.60. The van der Waals surface area contributed by atoms with E-state index in [0.29, 0.717) is 5.56 Å². The van der Waals surface area contributed by atoms with E-state index in [-0.39, 0.29) is 11.1 Å². The van der Waals surface area contributed by atoms with Crippen molar-refractivity contribution in [3.05, 3.63) is 62.3 Å². The van der Waals surface area contributed by atoms with Gasteiger partial charge in [0, 0.05) is 11.1 Å². The molecule has 1 aliphatic carbocycles. The molecule has 1 aromatic rings. The van der Waals surface area contributed by atoms with Gasteiger partial charge in [-0.25, -0.2) is 0 Å². The fraction of sp³-hybridized carbons (Fsp3) is 0.0714. The van der Waals surface area contributed by atoms with Crippen molar-refractivity contribution in [2.24, 2.45) is 0 Å². The molecule has 0 N–H and O–H groups in total. The summed E-state index contributed by atoms with van der Waals surface area (Å²) in [4.78, 5) is 0. The smallest absolute Gasteiger partial charge is 0.192 e. The van der Waals surface area contributed by atoms with Gasteiger partial charge in [0.1, 0.15) is 9.65 Å². The molecule has 1 aliphatic rings. The van der Waals surface area contributed by atoms with Crippen molar-refractivity contribution in [3.8, 4) is 6.07 Å². The highest BCUT2D eigenvalue weighted by atomic mass is 127. The molecule has 7 heteroatoms. The fourth-order valence-corrected chi connectivity index (χ4v) is 2.40. The minimum atomic E-state index is -4.73. The molecule has 21 heavy (non-hydrogen) atoms. The summed E-state index contributed by atoms with van der Waals surface area (Å²) in [5.74, 6) is 0. The largest absolute Gasteiger partial charge is 0.422 e. The topological polar surface area (TPSA) is 23.8 Å². The Morgan fingerprint density at radius 2 is 1.57 bits per heavy atom. The number of benzene rings is 1. The molecular weight excluding hydrogens is 404 g/mol. The van der Waals surface area contributed by atoms with Gasteiger partial charge in [0.25, 0.3) is 6.08 Å². The lowest BCUT2D eigenvalue weighted by atomic mass is 10.1. The molecule has 108 valence electrons. The molecule has 1 fully saturated rings. The molecule has 0 aliphatic heterocycles. The van der Waals surface area contributed by atoms with Crippen molar-refractivity contribution in [3.63, 3.8) is 0 Å². The maximum atomic E-state index is 12.8. The summed E-state index contributed by atoms with van der Waals surface area (Å²) in [7, 11) is 0. The molecule has 0 unspecified atom stereocenters. The quantitative estimate of drug-likeness (QED) is 0.347. The van der Waals surface area contributed by atoms with Gasteiger partial charge in [-0.15, -0.1) is 0 Å². The van der Waals surface area contributed by atoms with Crippen LogP contribution in [0.4, 0.5) is 22.0 Å². The first-order valence-electron chi connectivity index (χ1n) is 5.52. The van der Waals surface area contributed by atoms with Crippen molar-refractivity contribution >= 4 is 28.2 Å². The molecule has 2 rings (SSSR count). The summed E-state index contributed by atoms with van der Waals surface area (Å²) in [6.07, 6.45) is -6.95. The molecule has 0 heterocycles. The summed E-state index contributed by atoms with van der Waals surface area (Å²) in [5, 5.41) is 9.11. The third-order valence-electron chi connectivity index (χ3n) is 2.77. The summed E-state index contributed by atoms with van der Waals surface area (Å²) in [6.45, 7) is 0. The Balaban J connectivity index is 2.71. The van der Waals surface area contributed by atoms with Crippen LogP contribution in [0.15, 0.2) is 56.7 Å². The Bertz CT molecular complexity index is 716. The fourth-order valence-electron chi connectivity index (χ4n) is 1.86. The first-order chi connectivity index (χ1) is 9.79. The molecule has 0 radical (unpaired) electrons. The second-order valence-electron chi connectivity index (χ2n) is 4.05. The van der Waals surface area contributed by atoms with Crippen molar-refractivity contribution in [1.29, 1.82) is 5.26 Å². The van der Waals surface area contributed by atoms with Crippen molar-refractivity contribution in [1.82, 2.24) is 0 Å². The van der Waals surface area contributed by atoms with Gasteiger partial charge in [0.2, 0.25) is 0 Å². The molecule has 1 aromatic carbocycles. The summed E-state index contributed by atoms with van der Waals surface area (Å²) in [6, 6.07) is 9.47. The maximum Gasteiger partial charge on any atom is 0.422 e. The second kappa shape index (κ2) is 5.60. The monoisotopic (exact) mass is 409 g/mol. The zero-order valence-electron chi connectivity index (χ0n) is 10.1. The Kier molecular flexibility index (Phi) is 4.18. The van der Waals surface area contributed by atoms with E-state index in [2.05, 4.69) is 0 Å². The molecule has 0 atom stereocenters. The van der Waals surface area contributed by atoms with Crippen LogP contribution < -0.4 is 0 Å². The second-order valence-corrected chi connectivity index (χ2v) is 5.13. The summed E-state index contributed by atoms with van der Waals surface area (Å²) in [5.41, 5.74) is -1.59. The zero-order chi connectivity index (χ0) is 15.8. The van der Waals surface area contributed by atoms with Crippen LogP contribution in [0.2, 0.25) is 0 Å². The average molecular weight is 409 g/mol. The number of rotatable bonds is 1. The van der Waals surface area contributed by atoms with E-state index in [0.717, 1.165) is 22.6 Å². The number of hydrogen-bond acceptors (Lipinski definition) is 1. The van der Waals surface area contributed by atoms with E-state index in [1.165, 1.54) is 12.1 Å². The van der Waals surface area contributed by atoms with Gasteiger partial charge >= 0.3 is 6.18 Å².